The van der Waals surface area contributed by atoms with E-state index >= 15 is 0 Å². The summed E-state index contributed by atoms with van der Waals surface area (Å²) in [4.78, 5) is 14.8. The highest BCUT2D eigenvalue weighted by atomic mass is 19.1. The van der Waals surface area contributed by atoms with E-state index in [1.807, 2.05) is 0 Å². The molecule has 0 bridgehead atoms. The fourth-order valence-corrected chi connectivity index (χ4v) is 1.91. The number of aliphatic carboxylic acids is 1. The molecular weight excluding hydrogens is 263 g/mol. The Morgan fingerprint density at radius 1 is 1.50 bits per heavy atom. The molecule has 0 fully saturated rings. The van der Waals surface area contributed by atoms with Crippen LogP contribution in [0.4, 0.5) is 4.39 Å². The maximum absolute atomic E-state index is 13.2. The van der Waals surface area contributed by atoms with Gasteiger partial charge < -0.3 is 9.63 Å². The zero-order valence-electron chi connectivity index (χ0n) is 11.3. The quantitative estimate of drug-likeness (QED) is 0.910. The third-order valence-corrected chi connectivity index (χ3v) is 2.93. The largest absolute Gasteiger partial charge is 0.481 e. The molecule has 1 atom stereocenters. The second-order valence-corrected chi connectivity index (χ2v) is 4.88. The number of aromatic nitrogens is 2. The number of carboxylic acid groups (broad SMARTS) is 1. The number of rotatable bonds is 5. The van der Waals surface area contributed by atoms with Gasteiger partial charge in [-0.3, -0.25) is 4.79 Å². The zero-order valence-corrected chi connectivity index (χ0v) is 11.3. The Kier molecular flexibility index (Phi) is 4.12. The van der Waals surface area contributed by atoms with Gasteiger partial charge in [0.2, 0.25) is 11.7 Å². The average Bonchev–Trinajstić information content (AvgIpc) is 2.80. The number of hydrogen-bond acceptors (Lipinski definition) is 4. The van der Waals surface area contributed by atoms with Crippen LogP contribution in [0.15, 0.2) is 22.7 Å². The summed E-state index contributed by atoms with van der Waals surface area (Å²) in [5.41, 5.74) is 1.18. The molecule has 20 heavy (non-hydrogen) atoms. The minimum atomic E-state index is -0.855. The maximum atomic E-state index is 13.2. The van der Waals surface area contributed by atoms with Gasteiger partial charge in [-0.15, -0.1) is 0 Å². The Morgan fingerprint density at radius 3 is 2.90 bits per heavy atom. The third-order valence-electron chi connectivity index (χ3n) is 2.93. The first-order chi connectivity index (χ1) is 9.45. The summed E-state index contributed by atoms with van der Waals surface area (Å²) in [7, 11) is 0. The summed E-state index contributed by atoms with van der Waals surface area (Å²) in [5.74, 6) is -0.462. The van der Waals surface area contributed by atoms with Crippen LogP contribution in [0.2, 0.25) is 0 Å². The van der Waals surface area contributed by atoms with E-state index in [-0.39, 0.29) is 18.2 Å². The van der Waals surface area contributed by atoms with Crippen LogP contribution in [0.5, 0.6) is 0 Å². The van der Waals surface area contributed by atoms with Crippen LogP contribution in [-0.2, 0) is 11.2 Å². The predicted octanol–water partition coefficient (Wildman–Crippen LogP) is 2.84. The molecule has 0 aliphatic carbocycles. The van der Waals surface area contributed by atoms with Crippen molar-refractivity contribution >= 4 is 5.97 Å². The lowest BCUT2D eigenvalue weighted by molar-refractivity contribution is -0.137. The zero-order chi connectivity index (χ0) is 14.7. The van der Waals surface area contributed by atoms with Gasteiger partial charge >= 0.3 is 5.97 Å². The molecule has 0 spiro atoms. The number of halogens is 1. The molecule has 0 amide bonds. The monoisotopic (exact) mass is 278 g/mol. The predicted molar refractivity (Wildman–Crippen MR) is 69.5 cm³/mol. The second kappa shape index (κ2) is 5.81. The van der Waals surface area contributed by atoms with Gasteiger partial charge in [0.25, 0.3) is 0 Å². The molecule has 5 nitrogen and oxygen atoms in total. The second-order valence-electron chi connectivity index (χ2n) is 4.88. The van der Waals surface area contributed by atoms with Crippen LogP contribution < -0.4 is 0 Å². The summed E-state index contributed by atoms with van der Waals surface area (Å²) >= 11 is 0. The van der Waals surface area contributed by atoms with Gasteiger partial charge in [-0.05, 0) is 36.6 Å². The van der Waals surface area contributed by atoms with E-state index in [1.165, 1.54) is 6.07 Å². The molecular formula is C14H15FN2O3. The molecule has 2 aromatic rings. The number of carbonyl (C=O) groups is 1. The Labute approximate surface area is 115 Å². The van der Waals surface area contributed by atoms with Crippen molar-refractivity contribution < 1.29 is 18.8 Å². The standard InChI is InChI=1S/C14H15FN2O3/c1-8(6-13(18)19)5-12-16-14(17-20-12)10-3-4-11(15)9(2)7-10/h3-4,7-8H,5-6H2,1-2H3,(H,18,19). The van der Waals surface area contributed by atoms with E-state index in [0.717, 1.165) is 0 Å². The van der Waals surface area contributed by atoms with Gasteiger partial charge in [0, 0.05) is 18.4 Å². The van der Waals surface area contributed by atoms with Crippen LogP contribution in [0.3, 0.4) is 0 Å². The lowest BCUT2D eigenvalue weighted by Crippen LogP contribution is -2.07. The van der Waals surface area contributed by atoms with Crippen LogP contribution in [-0.4, -0.2) is 21.2 Å². The molecule has 2 rings (SSSR count). The number of aryl methyl sites for hydroxylation is 1. The van der Waals surface area contributed by atoms with Gasteiger partial charge in [-0.2, -0.15) is 4.98 Å². The van der Waals surface area contributed by atoms with Crippen molar-refractivity contribution in [3.8, 4) is 11.4 Å². The van der Waals surface area contributed by atoms with Gasteiger partial charge in [0.05, 0.1) is 0 Å². The van der Waals surface area contributed by atoms with E-state index < -0.39 is 5.97 Å². The van der Waals surface area contributed by atoms with Crippen molar-refractivity contribution in [2.45, 2.75) is 26.7 Å². The normalized spacial score (nSPS) is 12.3. The molecule has 106 valence electrons. The number of hydrogen-bond donors (Lipinski definition) is 1. The fourth-order valence-electron chi connectivity index (χ4n) is 1.91. The van der Waals surface area contributed by atoms with Crippen LogP contribution in [0.1, 0.15) is 24.8 Å². The first-order valence-electron chi connectivity index (χ1n) is 6.26. The van der Waals surface area contributed by atoms with Crippen molar-refractivity contribution in [1.29, 1.82) is 0 Å². The molecule has 6 heteroatoms. The molecule has 1 N–H and O–H groups in total. The molecule has 0 saturated heterocycles. The Morgan fingerprint density at radius 2 is 2.25 bits per heavy atom. The Balaban J connectivity index is 2.12. The van der Waals surface area contributed by atoms with Crippen molar-refractivity contribution in [1.82, 2.24) is 10.1 Å². The maximum Gasteiger partial charge on any atom is 0.303 e. The van der Waals surface area contributed by atoms with Gasteiger partial charge in [-0.25, -0.2) is 4.39 Å². The van der Waals surface area contributed by atoms with Gasteiger partial charge in [0.15, 0.2) is 0 Å². The SMILES string of the molecule is Cc1cc(-c2noc(CC(C)CC(=O)O)n2)ccc1F. The highest BCUT2D eigenvalue weighted by Crippen LogP contribution is 2.20. The van der Waals surface area contributed by atoms with Crippen LogP contribution in [0.25, 0.3) is 11.4 Å². The smallest absolute Gasteiger partial charge is 0.303 e. The van der Waals surface area contributed by atoms with E-state index in [4.69, 9.17) is 9.63 Å². The number of nitrogens with zero attached hydrogens (tertiary/aromatic N) is 2. The Hall–Kier alpha value is -2.24. The summed E-state index contributed by atoms with van der Waals surface area (Å²) in [6.07, 6.45) is 0.451. The molecule has 0 radical (unpaired) electrons. The average molecular weight is 278 g/mol. The lowest BCUT2D eigenvalue weighted by atomic mass is 10.0. The summed E-state index contributed by atoms with van der Waals surface area (Å²) in [6, 6.07) is 4.58. The first kappa shape index (κ1) is 14.2. The molecule has 1 unspecified atom stereocenters. The molecule has 0 aliphatic heterocycles. The minimum absolute atomic E-state index is 0.0490. The van der Waals surface area contributed by atoms with Crippen molar-refractivity contribution in [3.05, 3.63) is 35.5 Å². The molecule has 1 heterocycles. The molecule has 0 aliphatic rings. The fraction of sp³-hybridized carbons (Fsp3) is 0.357. The van der Waals surface area contributed by atoms with E-state index in [2.05, 4.69) is 10.1 Å². The van der Waals surface area contributed by atoms with Crippen molar-refractivity contribution in [2.75, 3.05) is 0 Å². The lowest BCUT2D eigenvalue weighted by Gasteiger charge is -2.03. The third kappa shape index (κ3) is 3.40. The van der Waals surface area contributed by atoms with Gasteiger partial charge in [0.1, 0.15) is 5.82 Å². The van der Waals surface area contributed by atoms with E-state index in [0.29, 0.717) is 29.3 Å². The molecule has 0 saturated carbocycles. The Bertz CT molecular complexity index is 625. The first-order valence-corrected chi connectivity index (χ1v) is 6.26. The van der Waals surface area contributed by atoms with Crippen molar-refractivity contribution in [3.63, 3.8) is 0 Å². The highest BCUT2D eigenvalue weighted by Gasteiger charge is 2.15. The molecule has 1 aromatic heterocycles. The number of benzene rings is 1. The van der Waals surface area contributed by atoms with Crippen LogP contribution in [0, 0.1) is 18.7 Å². The summed E-state index contributed by atoms with van der Waals surface area (Å²) in [5, 5.41) is 12.5. The van der Waals surface area contributed by atoms with E-state index in [9.17, 15) is 9.18 Å². The number of carboxylic acids is 1. The summed E-state index contributed by atoms with van der Waals surface area (Å²) < 4.78 is 18.3. The minimum Gasteiger partial charge on any atom is -0.481 e. The topological polar surface area (TPSA) is 76.2 Å². The van der Waals surface area contributed by atoms with Gasteiger partial charge in [-0.1, -0.05) is 12.1 Å². The molecule has 1 aromatic carbocycles. The van der Waals surface area contributed by atoms with Crippen molar-refractivity contribution in [2.24, 2.45) is 5.92 Å². The highest BCUT2D eigenvalue weighted by molar-refractivity contribution is 5.67. The van der Waals surface area contributed by atoms with E-state index in [1.54, 1.807) is 26.0 Å². The summed E-state index contributed by atoms with van der Waals surface area (Å²) in [6.45, 7) is 3.47. The van der Waals surface area contributed by atoms with Crippen LogP contribution >= 0.6 is 0 Å².